The number of carbonyl (C=O) groups is 1. The molecule has 31 heavy (non-hydrogen) atoms. The third-order valence-electron chi connectivity index (χ3n) is 4.56. The van der Waals surface area contributed by atoms with Crippen molar-refractivity contribution in [1.29, 1.82) is 0 Å². The number of aryl methyl sites for hydroxylation is 1. The van der Waals surface area contributed by atoms with Gasteiger partial charge in [-0.05, 0) is 18.2 Å². The van der Waals surface area contributed by atoms with Gasteiger partial charge in [0.05, 0.1) is 18.4 Å². The molecule has 11 heteroatoms. The second-order valence-corrected chi connectivity index (χ2v) is 6.57. The zero-order chi connectivity index (χ0) is 21.4. The van der Waals surface area contributed by atoms with Crippen LogP contribution in [0.3, 0.4) is 0 Å². The molecule has 0 aliphatic rings. The molecule has 0 aliphatic heterocycles. The van der Waals surface area contributed by atoms with E-state index in [0.29, 0.717) is 34.5 Å². The van der Waals surface area contributed by atoms with Gasteiger partial charge in [0.1, 0.15) is 6.61 Å². The third-order valence-corrected chi connectivity index (χ3v) is 4.56. The fourth-order valence-corrected chi connectivity index (χ4v) is 3.08. The molecule has 0 saturated carbocycles. The smallest absolute Gasteiger partial charge is 0.339 e. The predicted molar refractivity (Wildman–Crippen MR) is 106 cm³/mol. The van der Waals surface area contributed by atoms with E-state index in [2.05, 4.69) is 35.2 Å². The van der Waals surface area contributed by atoms with Crippen LogP contribution in [0.25, 0.3) is 28.1 Å². The summed E-state index contributed by atoms with van der Waals surface area (Å²) in [6.07, 6.45) is 1.44. The summed E-state index contributed by atoms with van der Waals surface area (Å²) in [4.78, 5) is 20.0. The van der Waals surface area contributed by atoms with E-state index in [4.69, 9.17) is 9.26 Å². The monoisotopic (exact) mass is 417 g/mol. The number of methoxy groups -OCH3 is 1. The number of carbonyl (C=O) groups excluding carboxylic acids is 1. The van der Waals surface area contributed by atoms with Crippen molar-refractivity contribution in [3.63, 3.8) is 0 Å². The molecule has 0 saturated heterocycles. The van der Waals surface area contributed by atoms with Crippen molar-refractivity contribution in [2.24, 2.45) is 0 Å². The molecule has 4 aromatic heterocycles. The van der Waals surface area contributed by atoms with Gasteiger partial charge in [0.25, 0.3) is 0 Å². The van der Waals surface area contributed by atoms with Gasteiger partial charge in [-0.15, -0.1) is 15.3 Å². The molecule has 0 N–H and O–H groups in total. The fourth-order valence-electron chi connectivity index (χ4n) is 3.08. The highest BCUT2D eigenvalue weighted by molar-refractivity contribution is 5.96. The zero-order valence-electron chi connectivity index (χ0n) is 16.5. The maximum Gasteiger partial charge on any atom is 0.339 e. The molecule has 5 rings (SSSR count). The summed E-state index contributed by atoms with van der Waals surface area (Å²) < 4.78 is 17.2. The Morgan fingerprint density at radius 2 is 1.97 bits per heavy atom. The van der Waals surface area contributed by atoms with E-state index in [-0.39, 0.29) is 12.4 Å². The molecule has 0 unspecified atom stereocenters. The van der Waals surface area contributed by atoms with Crippen molar-refractivity contribution in [2.45, 2.75) is 13.5 Å². The molecular formula is C20H15N7O4. The first kappa shape index (κ1) is 18.6. The number of ether oxygens (including phenoxy) is 2. The lowest BCUT2D eigenvalue weighted by molar-refractivity contribution is 0.0600. The molecule has 0 bridgehead atoms. The van der Waals surface area contributed by atoms with Crippen LogP contribution in [0.2, 0.25) is 0 Å². The predicted octanol–water partition coefficient (Wildman–Crippen LogP) is 2.40. The van der Waals surface area contributed by atoms with Gasteiger partial charge in [-0.25, -0.2) is 4.79 Å². The minimum absolute atomic E-state index is 0.142. The van der Waals surface area contributed by atoms with Crippen molar-refractivity contribution in [3.05, 3.63) is 59.7 Å². The summed E-state index contributed by atoms with van der Waals surface area (Å²) in [5.41, 5.74) is 1.53. The minimum atomic E-state index is -0.449. The average molecular weight is 417 g/mol. The van der Waals surface area contributed by atoms with Crippen LogP contribution in [0, 0.1) is 6.92 Å². The Labute approximate surface area is 174 Å². The summed E-state index contributed by atoms with van der Waals surface area (Å²) >= 11 is 0. The van der Waals surface area contributed by atoms with Crippen LogP contribution in [-0.4, -0.2) is 48.0 Å². The highest BCUT2D eigenvalue weighted by atomic mass is 16.5. The van der Waals surface area contributed by atoms with Gasteiger partial charge < -0.3 is 14.0 Å². The van der Waals surface area contributed by atoms with Crippen LogP contribution < -0.4 is 4.74 Å². The standard InChI is InChI=1S/C20H15N7O4/c1-11-22-16(26-31-11)18-24-23-17-14-5-3-4-6-15(14)19(25-27(17)18)30-10-13-8-7-12(9-21-13)20(28)29-2/h3-9H,10H2,1-2H3. The van der Waals surface area contributed by atoms with Gasteiger partial charge in [-0.3, -0.25) is 4.98 Å². The van der Waals surface area contributed by atoms with E-state index >= 15 is 0 Å². The molecule has 5 aromatic rings. The van der Waals surface area contributed by atoms with Crippen LogP contribution >= 0.6 is 0 Å². The number of benzene rings is 1. The van der Waals surface area contributed by atoms with E-state index in [9.17, 15) is 4.79 Å². The maximum absolute atomic E-state index is 11.6. The fraction of sp³-hybridized carbons (Fsp3) is 0.150. The molecule has 4 heterocycles. The highest BCUT2D eigenvalue weighted by Gasteiger charge is 2.19. The van der Waals surface area contributed by atoms with E-state index < -0.39 is 5.97 Å². The Kier molecular flexibility index (Phi) is 4.47. The molecule has 0 amide bonds. The largest absolute Gasteiger partial charge is 0.470 e. The highest BCUT2D eigenvalue weighted by Crippen LogP contribution is 2.28. The Morgan fingerprint density at radius 3 is 2.68 bits per heavy atom. The lowest BCUT2D eigenvalue weighted by atomic mass is 10.2. The first-order valence-electron chi connectivity index (χ1n) is 9.25. The number of rotatable bonds is 5. The topological polar surface area (TPSA) is 130 Å². The number of esters is 1. The van der Waals surface area contributed by atoms with E-state index in [1.54, 1.807) is 19.1 Å². The van der Waals surface area contributed by atoms with Gasteiger partial charge in [0.2, 0.25) is 23.4 Å². The van der Waals surface area contributed by atoms with Gasteiger partial charge in [-0.2, -0.15) is 9.50 Å². The first-order chi connectivity index (χ1) is 15.1. The molecule has 0 atom stereocenters. The van der Waals surface area contributed by atoms with Crippen molar-refractivity contribution >= 4 is 22.4 Å². The number of pyridine rings is 1. The SMILES string of the molecule is COC(=O)c1ccc(COc2nn3c(-c4noc(C)n4)nnc3c3ccccc23)nc1. The number of fused-ring (bicyclic) bond motifs is 3. The number of aromatic nitrogens is 7. The van der Waals surface area contributed by atoms with Crippen molar-refractivity contribution in [3.8, 4) is 17.5 Å². The molecule has 11 nitrogen and oxygen atoms in total. The van der Waals surface area contributed by atoms with E-state index in [0.717, 1.165) is 10.8 Å². The van der Waals surface area contributed by atoms with Gasteiger partial charge >= 0.3 is 5.97 Å². The summed E-state index contributed by atoms with van der Waals surface area (Å²) in [5, 5.41) is 18.5. The first-order valence-corrected chi connectivity index (χ1v) is 9.25. The second kappa shape index (κ2) is 7.44. The molecule has 0 aliphatic carbocycles. The van der Waals surface area contributed by atoms with Gasteiger partial charge in [0.15, 0.2) is 5.65 Å². The minimum Gasteiger partial charge on any atom is -0.470 e. The van der Waals surface area contributed by atoms with Crippen LogP contribution in [0.4, 0.5) is 0 Å². The van der Waals surface area contributed by atoms with Crippen LogP contribution in [0.15, 0.2) is 47.1 Å². The molecule has 0 radical (unpaired) electrons. The molecule has 154 valence electrons. The van der Waals surface area contributed by atoms with E-state index in [1.807, 2.05) is 24.3 Å². The van der Waals surface area contributed by atoms with Crippen molar-refractivity contribution < 1.29 is 18.8 Å². The van der Waals surface area contributed by atoms with Gasteiger partial charge in [0, 0.05) is 23.9 Å². The Hall–Kier alpha value is -4.41. The number of hydrogen-bond donors (Lipinski definition) is 0. The van der Waals surface area contributed by atoms with Crippen LogP contribution in [0.1, 0.15) is 21.9 Å². The van der Waals surface area contributed by atoms with Crippen molar-refractivity contribution in [2.75, 3.05) is 7.11 Å². The van der Waals surface area contributed by atoms with Gasteiger partial charge in [-0.1, -0.05) is 23.4 Å². The molecular weight excluding hydrogens is 402 g/mol. The summed E-state index contributed by atoms with van der Waals surface area (Å²) in [7, 11) is 1.32. The quantitative estimate of drug-likeness (QED) is 0.393. The van der Waals surface area contributed by atoms with Crippen LogP contribution in [0.5, 0.6) is 5.88 Å². The molecule has 1 aromatic carbocycles. The second-order valence-electron chi connectivity index (χ2n) is 6.57. The summed E-state index contributed by atoms with van der Waals surface area (Å²) in [6, 6.07) is 10.9. The number of hydrogen-bond acceptors (Lipinski definition) is 10. The maximum atomic E-state index is 11.6. The lowest BCUT2D eigenvalue weighted by Gasteiger charge is -2.09. The third kappa shape index (κ3) is 3.31. The summed E-state index contributed by atoms with van der Waals surface area (Å²) in [5.74, 6) is 0.936. The average Bonchev–Trinajstić information content (AvgIpc) is 3.43. The lowest BCUT2D eigenvalue weighted by Crippen LogP contribution is -2.06. The Balaban J connectivity index is 1.53. The molecule has 0 spiro atoms. The van der Waals surface area contributed by atoms with E-state index in [1.165, 1.54) is 17.8 Å². The zero-order valence-corrected chi connectivity index (χ0v) is 16.5. The summed E-state index contributed by atoms with van der Waals surface area (Å²) in [6.45, 7) is 1.83. The Bertz CT molecular complexity index is 1410. The normalized spacial score (nSPS) is 11.2. The molecule has 0 fully saturated rings. The number of nitrogens with zero attached hydrogens (tertiary/aromatic N) is 7. The van der Waals surface area contributed by atoms with Crippen LogP contribution in [-0.2, 0) is 11.3 Å². The Morgan fingerprint density at radius 1 is 1.13 bits per heavy atom. The van der Waals surface area contributed by atoms with Crippen molar-refractivity contribution in [1.82, 2.24) is 34.9 Å².